The van der Waals surface area contributed by atoms with E-state index in [0.717, 1.165) is 10.7 Å². The summed E-state index contributed by atoms with van der Waals surface area (Å²) in [4.78, 5) is 24.1. The molecule has 0 fully saturated rings. The summed E-state index contributed by atoms with van der Waals surface area (Å²) in [5.41, 5.74) is 3.90. The van der Waals surface area contributed by atoms with Crippen molar-refractivity contribution >= 4 is 23.4 Å². The molecule has 2 aromatic rings. The maximum Gasteiger partial charge on any atom is 0.433 e. The van der Waals surface area contributed by atoms with Gasteiger partial charge < -0.3 is 10.1 Å². The van der Waals surface area contributed by atoms with Gasteiger partial charge in [0.05, 0.1) is 18.8 Å². The van der Waals surface area contributed by atoms with Crippen molar-refractivity contribution in [2.75, 3.05) is 23.5 Å². The number of hydrogen-bond acceptors (Lipinski definition) is 4. The number of ether oxygens (including phenoxy) is 1. The molecular weight excluding hydrogens is 294 g/mol. The first-order valence-electron chi connectivity index (χ1n) is 7.31. The fourth-order valence-electron chi connectivity index (χ4n) is 1.88. The summed E-state index contributed by atoms with van der Waals surface area (Å²) in [6.07, 6.45) is -0.633. The molecule has 0 saturated heterocycles. The highest BCUT2D eigenvalue weighted by Crippen LogP contribution is 2.12. The van der Waals surface area contributed by atoms with E-state index >= 15 is 0 Å². The second-order valence-corrected chi connectivity index (χ2v) is 4.62. The fourth-order valence-corrected chi connectivity index (χ4v) is 1.88. The lowest BCUT2D eigenvalue weighted by Crippen LogP contribution is -2.48. The molecule has 0 heterocycles. The van der Waals surface area contributed by atoms with Gasteiger partial charge in [-0.2, -0.15) is 5.01 Å². The Bertz CT molecular complexity index is 632. The van der Waals surface area contributed by atoms with E-state index in [1.54, 1.807) is 31.2 Å². The molecule has 0 aromatic heterocycles. The minimum Gasteiger partial charge on any atom is -0.448 e. The van der Waals surface area contributed by atoms with Crippen LogP contribution in [0.25, 0.3) is 0 Å². The Kier molecular flexibility index (Phi) is 5.99. The number of anilines is 2. The lowest BCUT2D eigenvalue weighted by molar-refractivity contribution is -0.119. The lowest BCUT2D eigenvalue weighted by atomic mass is 10.3. The maximum absolute atomic E-state index is 12.1. The van der Waals surface area contributed by atoms with E-state index in [0.29, 0.717) is 5.69 Å². The summed E-state index contributed by atoms with van der Waals surface area (Å²) in [5, 5.41) is 4.08. The third-order valence-corrected chi connectivity index (χ3v) is 2.93. The van der Waals surface area contributed by atoms with Crippen LogP contribution in [0.15, 0.2) is 60.7 Å². The molecule has 0 atom stereocenters. The van der Waals surface area contributed by atoms with Crippen molar-refractivity contribution in [1.82, 2.24) is 5.43 Å². The molecule has 0 aliphatic heterocycles. The molecule has 0 aliphatic carbocycles. The van der Waals surface area contributed by atoms with E-state index in [1.165, 1.54) is 0 Å². The van der Waals surface area contributed by atoms with Crippen molar-refractivity contribution in [2.45, 2.75) is 6.92 Å². The first kappa shape index (κ1) is 16.4. The smallest absolute Gasteiger partial charge is 0.433 e. The van der Waals surface area contributed by atoms with Crippen LogP contribution in [0.4, 0.5) is 16.2 Å². The third kappa shape index (κ3) is 5.03. The zero-order chi connectivity index (χ0) is 16.5. The fraction of sp³-hybridized carbons (Fsp3) is 0.176. The van der Waals surface area contributed by atoms with Crippen molar-refractivity contribution in [3.05, 3.63) is 60.7 Å². The van der Waals surface area contributed by atoms with Crippen LogP contribution >= 0.6 is 0 Å². The van der Waals surface area contributed by atoms with Crippen molar-refractivity contribution in [1.29, 1.82) is 0 Å². The van der Waals surface area contributed by atoms with E-state index in [1.807, 2.05) is 36.4 Å². The molecule has 0 aliphatic rings. The number of carbonyl (C=O) groups excluding carboxylic acids is 2. The number of para-hydroxylation sites is 2. The van der Waals surface area contributed by atoms with Crippen LogP contribution in [-0.2, 0) is 9.53 Å². The number of rotatable bonds is 5. The molecule has 2 rings (SSSR count). The van der Waals surface area contributed by atoms with Gasteiger partial charge in [-0.3, -0.25) is 10.2 Å². The van der Waals surface area contributed by atoms with Crippen LogP contribution in [-0.4, -0.2) is 25.2 Å². The summed E-state index contributed by atoms with van der Waals surface area (Å²) in [7, 11) is 0. The highest BCUT2D eigenvalue weighted by atomic mass is 16.6. The molecule has 2 aromatic carbocycles. The van der Waals surface area contributed by atoms with Gasteiger partial charge in [0.1, 0.15) is 0 Å². The van der Waals surface area contributed by atoms with Gasteiger partial charge in [-0.15, -0.1) is 0 Å². The van der Waals surface area contributed by atoms with Crippen molar-refractivity contribution in [3.63, 3.8) is 0 Å². The number of nitrogens with one attached hydrogen (secondary N) is 2. The third-order valence-electron chi connectivity index (χ3n) is 2.93. The van der Waals surface area contributed by atoms with Gasteiger partial charge in [0, 0.05) is 5.69 Å². The van der Waals surface area contributed by atoms with Crippen LogP contribution < -0.4 is 15.8 Å². The Labute approximate surface area is 135 Å². The Morgan fingerprint density at radius 1 is 1.00 bits per heavy atom. The number of amides is 2. The monoisotopic (exact) mass is 313 g/mol. The molecule has 0 unspecified atom stereocenters. The highest BCUT2D eigenvalue weighted by Gasteiger charge is 2.19. The summed E-state index contributed by atoms with van der Waals surface area (Å²) in [6.45, 7) is 1.97. The SMILES string of the molecule is CCOC(=O)N(NC(=O)CNc1ccccc1)c1ccccc1. The number of hydrogen-bond donors (Lipinski definition) is 2. The zero-order valence-electron chi connectivity index (χ0n) is 12.9. The Balaban J connectivity index is 1.99. The maximum atomic E-state index is 12.1. The summed E-state index contributed by atoms with van der Waals surface area (Å²) in [6, 6.07) is 18.1. The van der Waals surface area contributed by atoms with Crippen LogP contribution in [0.5, 0.6) is 0 Å². The van der Waals surface area contributed by atoms with Crippen LogP contribution in [0.2, 0.25) is 0 Å². The van der Waals surface area contributed by atoms with Gasteiger partial charge >= 0.3 is 6.09 Å². The topological polar surface area (TPSA) is 70.7 Å². The number of benzene rings is 2. The van der Waals surface area contributed by atoms with Crippen molar-refractivity contribution in [3.8, 4) is 0 Å². The molecule has 2 amide bonds. The van der Waals surface area contributed by atoms with E-state index < -0.39 is 6.09 Å². The minimum absolute atomic E-state index is 0.0345. The molecule has 6 heteroatoms. The van der Waals surface area contributed by atoms with Gasteiger partial charge in [0.2, 0.25) is 0 Å². The van der Waals surface area contributed by atoms with Crippen molar-refractivity contribution < 1.29 is 14.3 Å². The first-order valence-corrected chi connectivity index (χ1v) is 7.31. The lowest BCUT2D eigenvalue weighted by Gasteiger charge is -2.22. The van der Waals surface area contributed by atoms with E-state index in [9.17, 15) is 9.59 Å². The van der Waals surface area contributed by atoms with Crippen molar-refractivity contribution in [2.24, 2.45) is 0 Å². The average molecular weight is 313 g/mol. The average Bonchev–Trinajstić information content (AvgIpc) is 2.59. The molecule has 0 bridgehead atoms. The molecule has 120 valence electrons. The van der Waals surface area contributed by atoms with Gasteiger partial charge in [0.15, 0.2) is 0 Å². The normalized spacial score (nSPS) is 9.78. The molecule has 2 N–H and O–H groups in total. The predicted molar refractivity (Wildman–Crippen MR) is 89.0 cm³/mol. The number of hydrazine groups is 1. The Morgan fingerprint density at radius 2 is 1.61 bits per heavy atom. The Morgan fingerprint density at radius 3 is 2.22 bits per heavy atom. The predicted octanol–water partition coefficient (Wildman–Crippen LogP) is 2.79. The minimum atomic E-state index is -0.633. The van der Waals surface area contributed by atoms with E-state index in [4.69, 9.17) is 4.74 Å². The van der Waals surface area contributed by atoms with Gasteiger partial charge in [0.25, 0.3) is 5.91 Å². The van der Waals surface area contributed by atoms with Gasteiger partial charge in [-0.05, 0) is 31.2 Å². The van der Waals surface area contributed by atoms with Gasteiger partial charge in [-0.1, -0.05) is 36.4 Å². The summed E-state index contributed by atoms with van der Waals surface area (Å²) < 4.78 is 4.97. The summed E-state index contributed by atoms with van der Waals surface area (Å²) >= 11 is 0. The first-order chi connectivity index (χ1) is 11.2. The molecule has 0 radical (unpaired) electrons. The zero-order valence-corrected chi connectivity index (χ0v) is 12.9. The standard InChI is InChI=1S/C17H19N3O3/c1-2-23-17(22)20(15-11-7-4-8-12-15)19-16(21)13-18-14-9-5-3-6-10-14/h3-12,18H,2,13H2,1H3,(H,19,21). The molecule has 6 nitrogen and oxygen atoms in total. The number of carbonyl (C=O) groups is 2. The second-order valence-electron chi connectivity index (χ2n) is 4.62. The molecule has 23 heavy (non-hydrogen) atoms. The van der Waals surface area contributed by atoms with E-state index in [2.05, 4.69) is 10.7 Å². The Hall–Kier alpha value is -3.02. The van der Waals surface area contributed by atoms with Crippen LogP contribution in [0.3, 0.4) is 0 Å². The quantitative estimate of drug-likeness (QED) is 0.833. The second kappa shape index (κ2) is 8.43. The largest absolute Gasteiger partial charge is 0.448 e. The van der Waals surface area contributed by atoms with Crippen LogP contribution in [0, 0.1) is 0 Å². The molecular formula is C17H19N3O3. The molecule has 0 saturated carbocycles. The van der Waals surface area contributed by atoms with E-state index in [-0.39, 0.29) is 19.1 Å². The molecule has 0 spiro atoms. The number of nitrogens with zero attached hydrogens (tertiary/aromatic N) is 1. The summed E-state index contributed by atoms with van der Waals surface area (Å²) in [5.74, 6) is -0.356. The highest BCUT2D eigenvalue weighted by molar-refractivity contribution is 5.93. The van der Waals surface area contributed by atoms with Gasteiger partial charge in [-0.25, -0.2) is 4.79 Å². The van der Waals surface area contributed by atoms with Crippen LogP contribution in [0.1, 0.15) is 6.92 Å².